The van der Waals surface area contributed by atoms with Crippen LogP contribution in [0.5, 0.6) is 0 Å². The van der Waals surface area contributed by atoms with Gasteiger partial charge in [0.25, 0.3) is 0 Å². The molecule has 1 aromatic heterocycles. The monoisotopic (exact) mass is 415 g/mol. The van der Waals surface area contributed by atoms with E-state index in [-0.39, 0.29) is 11.6 Å². The summed E-state index contributed by atoms with van der Waals surface area (Å²) in [7, 11) is -3.71. The van der Waals surface area contributed by atoms with Crippen LogP contribution in [0.25, 0.3) is 0 Å². The van der Waals surface area contributed by atoms with Crippen LogP contribution < -0.4 is 5.32 Å². The maximum atomic E-state index is 13.0. The number of aromatic nitrogens is 2. The number of amides is 1. The Hall–Kier alpha value is -3.00. The molecule has 0 saturated heterocycles. The van der Waals surface area contributed by atoms with E-state index in [1.807, 2.05) is 30.3 Å². The number of rotatable bonds is 8. The number of halogens is 1. The highest BCUT2D eigenvalue weighted by atomic mass is 32.2. The van der Waals surface area contributed by atoms with Crippen LogP contribution in [0.2, 0.25) is 0 Å². The number of nitrogens with one attached hydrogen (secondary N) is 1. The lowest BCUT2D eigenvalue weighted by atomic mass is 10.1. The van der Waals surface area contributed by atoms with Crippen molar-refractivity contribution in [2.45, 2.75) is 25.3 Å². The maximum absolute atomic E-state index is 13.0. The van der Waals surface area contributed by atoms with Gasteiger partial charge in [0, 0.05) is 18.9 Å². The lowest BCUT2D eigenvalue weighted by Gasteiger charge is -2.14. The Kier molecular flexibility index (Phi) is 6.43. The number of nitrogens with zero attached hydrogens (tertiary/aromatic N) is 2. The molecule has 1 N–H and O–H groups in total. The van der Waals surface area contributed by atoms with E-state index in [1.54, 1.807) is 36.0 Å². The summed E-state index contributed by atoms with van der Waals surface area (Å²) in [5, 5.41) is 2.64. The van der Waals surface area contributed by atoms with E-state index in [0.717, 1.165) is 5.56 Å². The molecule has 0 aliphatic heterocycles. The zero-order valence-corrected chi connectivity index (χ0v) is 16.8. The molecule has 6 nitrogen and oxygen atoms in total. The molecule has 3 rings (SSSR count). The highest BCUT2D eigenvalue weighted by molar-refractivity contribution is 7.91. The standard InChI is InChI=1S/C21H22FN3O3S/c1-16(18-7-9-19(22)10-8-18)24-21(26)15-29(27,28)14-20-23-11-12-25(20)13-17-5-3-2-4-6-17/h2-12,16H,13-15H2,1H3,(H,24,26). The highest BCUT2D eigenvalue weighted by Crippen LogP contribution is 2.13. The molecular weight excluding hydrogens is 393 g/mol. The van der Waals surface area contributed by atoms with Crippen LogP contribution in [0, 0.1) is 5.82 Å². The van der Waals surface area contributed by atoms with Gasteiger partial charge in [0.2, 0.25) is 5.91 Å². The lowest BCUT2D eigenvalue weighted by molar-refractivity contribution is -0.119. The molecule has 1 amide bonds. The Morgan fingerprint density at radius 3 is 2.52 bits per heavy atom. The second kappa shape index (κ2) is 9.00. The summed E-state index contributed by atoms with van der Waals surface area (Å²) in [6.07, 6.45) is 3.26. The van der Waals surface area contributed by atoms with Crippen molar-refractivity contribution in [3.05, 3.63) is 89.8 Å². The first-order chi connectivity index (χ1) is 13.8. The lowest BCUT2D eigenvalue weighted by Crippen LogP contribution is -2.33. The summed E-state index contributed by atoms with van der Waals surface area (Å²) < 4.78 is 39.8. The first-order valence-corrected chi connectivity index (χ1v) is 10.9. The molecule has 0 bridgehead atoms. The maximum Gasteiger partial charge on any atom is 0.235 e. The van der Waals surface area contributed by atoms with Crippen LogP contribution >= 0.6 is 0 Å². The minimum atomic E-state index is -3.71. The predicted octanol–water partition coefficient (Wildman–Crippen LogP) is 2.86. The van der Waals surface area contributed by atoms with Crippen molar-refractivity contribution in [1.29, 1.82) is 0 Å². The van der Waals surface area contributed by atoms with E-state index < -0.39 is 27.5 Å². The van der Waals surface area contributed by atoms with Gasteiger partial charge < -0.3 is 9.88 Å². The minimum Gasteiger partial charge on any atom is -0.349 e. The normalized spacial score (nSPS) is 12.5. The molecule has 3 aromatic rings. The Bertz CT molecular complexity index is 1060. The van der Waals surface area contributed by atoms with Gasteiger partial charge in [-0.1, -0.05) is 42.5 Å². The van der Waals surface area contributed by atoms with E-state index in [1.165, 1.54) is 12.1 Å². The van der Waals surface area contributed by atoms with Gasteiger partial charge in [-0.25, -0.2) is 17.8 Å². The van der Waals surface area contributed by atoms with Crippen molar-refractivity contribution >= 4 is 15.7 Å². The summed E-state index contributed by atoms with van der Waals surface area (Å²) in [5.74, 6) is -1.57. The van der Waals surface area contributed by atoms with Gasteiger partial charge in [-0.05, 0) is 30.2 Å². The molecule has 29 heavy (non-hydrogen) atoms. The zero-order valence-electron chi connectivity index (χ0n) is 16.0. The van der Waals surface area contributed by atoms with Gasteiger partial charge in [-0.2, -0.15) is 0 Å². The smallest absolute Gasteiger partial charge is 0.235 e. The summed E-state index contributed by atoms with van der Waals surface area (Å²) in [5.41, 5.74) is 1.71. The van der Waals surface area contributed by atoms with Crippen LogP contribution in [0.3, 0.4) is 0 Å². The highest BCUT2D eigenvalue weighted by Gasteiger charge is 2.21. The Morgan fingerprint density at radius 2 is 1.83 bits per heavy atom. The van der Waals surface area contributed by atoms with Crippen LogP contribution in [0.1, 0.15) is 29.9 Å². The SMILES string of the molecule is CC(NC(=O)CS(=O)(=O)Cc1nccn1Cc1ccccc1)c1ccc(F)cc1. The summed E-state index contributed by atoms with van der Waals surface area (Å²) in [4.78, 5) is 16.4. The topological polar surface area (TPSA) is 81.1 Å². The third-order valence-corrected chi connectivity index (χ3v) is 5.85. The number of sulfone groups is 1. The van der Waals surface area contributed by atoms with Crippen molar-refractivity contribution in [3.63, 3.8) is 0 Å². The van der Waals surface area contributed by atoms with Crippen LogP contribution in [-0.4, -0.2) is 29.6 Å². The predicted molar refractivity (Wildman–Crippen MR) is 108 cm³/mol. The second-order valence-electron chi connectivity index (χ2n) is 6.83. The van der Waals surface area contributed by atoms with Gasteiger partial charge in [0.1, 0.15) is 23.1 Å². The van der Waals surface area contributed by atoms with E-state index in [4.69, 9.17) is 0 Å². The fraction of sp³-hybridized carbons (Fsp3) is 0.238. The van der Waals surface area contributed by atoms with Crippen molar-refractivity contribution in [2.24, 2.45) is 0 Å². The summed E-state index contributed by atoms with van der Waals surface area (Å²) >= 11 is 0. The number of carbonyl (C=O) groups excluding carboxylic acids is 1. The number of carbonyl (C=O) groups is 1. The van der Waals surface area contributed by atoms with Crippen molar-refractivity contribution in [1.82, 2.24) is 14.9 Å². The van der Waals surface area contributed by atoms with Gasteiger partial charge in [0.05, 0.1) is 6.04 Å². The summed E-state index contributed by atoms with van der Waals surface area (Å²) in [6, 6.07) is 14.9. The second-order valence-corrected chi connectivity index (χ2v) is 8.89. The molecule has 2 aromatic carbocycles. The van der Waals surface area contributed by atoms with Crippen LogP contribution in [0.15, 0.2) is 67.0 Å². The molecule has 0 fully saturated rings. The van der Waals surface area contributed by atoms with Crippen LogP contribution in [0.4, 0.5) is 4.39 Å². The molecule has 0 radical (unpaired) electrons. The molecule has 0 aliphatic rings. The molecule has 1 atom stereocenters. The van der Waals surface area contributed by atoms with Crippen molar-refractivity contribution in [3.8, 4) is 0 Å². The first kappa shape index (κ1) is 20.7. The molecule has 152 valence electrons. The fourth-order valence-corrected chi connectivity index (χ4v) is 4.19. The zero-order chi connectivity index (χ0) is 20.9. The number of imidazole rings is 1. The van der Waals surface area contributed by atoms with Gasteiger partial charge in [0.15, 0.2) is 9.84 Å². The van der Waals surface area contributed by atoms with Crippen molar-refractivity contribution < 1.29 is 17.6 Å². The van der Waals surface area contributed by atoms with E-state index in [2.05, 4.69) is 10.3 Å². The number of hydrogen-bond acceptors (Lipinski definition) is 4. The van der Waals surface area contributed by atoms with E-state index in [9.17, 15) is 17.6 Å². The number of benzene rings is 2. The molecule has 0 saturated carbocycles. The molecular formula is C21H22FN3O3S. The molecule has 1 heterocycles. The minimum absolute atomic E-state index is 0.328. The average molecular weight is 415 g/mol. The third kappa shape index (κ3) is 5.99. The van der Waals surface area contributed by atoms with E-state index in [0.29, 0.717) is 17.9 Å². The van der Waals surface area contributed by atoms with Gasteiger partial charge in [-0.3, -0.25) is 4.79 Å². The van der Waals surface area contributed by atoms with Gasteiger partial charge >= 0.3 is 0 Å². The fourth-order valence-electron chi connectivity index (χ4n) is 2.97. The first-order valence-electron chi connectivity index (χ1n) is 9.11. The molecule has 8 heteroatoms. The van der Waals surface area contributed by atoms with Gasteiger partial charge in [-0.15, -0.1) is 0 Å². The Balaban J connectivity index is 1.61. The largest absolute Gasteiger partial charge is 0.349 e. The van der Waals surface area contributed by atoms with E-state index >= 15 is 0 Å². The Labute approximate surface area is 169 Å². The molecule has 0 spiro atoms. The Morgan fingerprint density at radius 1 is 1.14 bits per heavy atom. The molecule has 0 aliphatic carbocycles. The van der Waals surface area contributed by atoms with Crippen LogP contribution in [-0.2, 0) is 26.9 Å². The number of hydrogen-bond donors (Lipinski definition) is 1. The quantitative estimate of drug-likeness (QED) is 0.613. The third-order valence-electron chi connectivity index (χ3n) is 4.44. The average Bonchev–Trinajstić information content (AvgIpc) is 3.08. The summed E-state index contributed by atoms with van der Waals surface area (Å²) in [6.45, 7) is 2.21. The molecule has 1 unspecified atom stereocenters. The van der Waals surface area contributed by atoms with Crippen molar-refractivity contribution in [2.75, 3.05) is 5.75 Å².